The monoisotopic (exact) mass is 321 g/mol. The Hall–Kier alpha value is -2.47. The summed E-state index contributed by atoms with van der Waals surface area (Å²) in [4.78, 5) is 13.1. The molecule has 1 aromatic carbocycles. The molecule has 3 atom stereocenters. The number of nitrogens with two attached hydrogens (primary N) is 1. The van der Waals surface area contributed by atoms with E-state index in [0.717, 1.165) is 41.7 Å². The summed E-state index contributed by atoms with van der Waals surface area (Å²) in [5.74, 6) is 1.10. The van der Waals surface area contributed by atoms with Gasteiger partial charge in [0.05, 0.1) is 30.3 Å². The van der Waals surface area contributed by atoms with E-state index in [1.807, 2.05) is 12.3 Å². The van der Waals surface area contributed by atoms with Crippen LogP contribution in [0.4, 0.5) is 11.8 Å². The molecule has 6 nitrogen and oxygen atoms in total. The third-order valence-electron chi connectivity index (χ3n) is 5.16. The Morgan fingerprint density at radius 2 is 2.17 bits per heavy atom. The standard InChI is InChI=1S/C18H19N5O/c19-18-22-14-7-10(11-5-6-20-9-11)1-3-13(14)17(23-18)21-15-8-12-2-4-16(15)24-12/h1,3,5-7,12,15-16H,2,4,8-9H2,(H3,19,21,22,23)/t12-,15-,16+/m1/s1. The van der Waals surface area contributed by atoms with Gasteiger partial charge in [0.1, 0.15) is 5.82 Å². The summed E-state index contributed by atoms with van der Waals surface area (Å²) in [5, 5.41) is 4.55. The lowest BCUT2D eigenvalue weighted by molar-refractivity contribution is 0.102. The van der Waals surface area contributed by atoms with Crippen molar-refractivity contribution in [1.82, 2.24) is 9.97 Å². The Morgan fingerprint density at radius 1 is 1.21 bits per heavy atom. The van der Waals surface area contributed by atoms with Crippen LogP contribution in [0.25, 0.3) is 16.5 Å². The molecule has 4 heterocycles. The van der Waals surface area contributed by atoms with E-state index in [9.17, 15) is 0 Å². The van der Waals surface area contributed by atoms with Gasteiger partial charge in [0.25, 0.3) is 0 Å². The maximum Gasteiger partial charge on any atom is 0.222 e. The number of anilines is 2. The number of nitrogens with zero attached hydrogens (tertiary/aromatic N) is 3. The number of ether oxygens (including phenoxy) is 1. The van der Waals surface area contributed by atoms with Crippen LogP contribution >= 0.6 is 0 Å². The Kier molecular flexibility index (Phi) is 3.06. The van der Waals surface area contributed by atoms with E-state index in [4.69, 9.17) is 10.5 Å². The Balaban J connectivity index is 1.51. The second kappa shape index (κ2) is 5.27. The zero-order valence-corrected chi connectivity index (χ0v) is 13.3. The fraction of sp³-hybridized carbons (Fsp3) is 0.389. The summed E-state index contributed by atoms with van der Waals surface area (Å²) >= 11 is 0. The normalized spacial score (nSPS) is 27.8. The number of nitrogen functional groups attached to an aromatic ring is 1. The Morgan fingerprint density at radius 3 is 2.92 bits per heavy atom. The van der Waals surface area contributed by atoms with Crippen molar-refractivity contribution in [3.8, 4) is 0 Å². The molecule has 0 aliphatic carbocycles. The number of nitrogens with one attached hydrogen (secondary N) is 1. The fourth-order valence-electron chi connectivity index (χ4n) is 3.96. The molecule has 3 aliphatic rings. The van der Waals surface area contributed by atoms with Crippen LogP contribution in [-0.2, 0) is 4.74 Å². The second-order valence-corrected chi connectivity index (χ2v) is 6.70. The van der Waals surface area contributed by atoms with Gasteiger partial charge < -0.3 is 15.8 Å². The van der Waals surface area contributed by atoms with Crippen LogP contribution in [0.3, 0.4) is 0 Å². The van der Waals surface area contributed by atoms with E-state index in [1.54, 1.807) is 0 Å². The number of hydrogen-bond acceptors (Lipinski definition) is 6. The van der Waals surface area contributed by atoms with Gasteiger partial charge in [-0.25, -0.2) is 4.98 Å². The van der Waals surface area contributed by atoms with Gasteiger partial charge in [-0.3, -0.25) is 4.99 Å². The molecule has 1 aromatic heterocycles. The molecule has 3 aliphatic heterocycles. The molecule has 2 aromatic rings. The average molecular weight is 321 g/mol. The second-order valence-electron chi connectivity index (χ2n) is 6.70. The first-order chi connectivity index (χ1) is 11.8. The number of benzene rings is 1. The van der Waals surface area contributed by atoms with E-state index in [2.05, 4.69) is 38.5 Å². The van der Waals surface area contributed by atoms with E-state index >= 15 is 0 Å². The summed E-state index contributed by atoms with van der Waals surface area (Å²) in [7, 11) is 0. The molecule has 2 fully saturated rings. The average Bonchev–Trinajstić information content (AvgIpc) is 3.32. The first-order valence-corrected chi connectivity index (χ1v) is 8.45. The molecule has 0 amide bonds. The Labute approximate surface area is 139 Å². The first-order valence-electron chi connectivity index (χ1n) is 8.45. The molecule has 3 N–H and O–H groups in total. The molecular formula is C18H19N5O. The predicted octanol–water partition coefficient (Wildman–Crippen LogP) is 2.41. The van der Waals surface area contributed by atoms with E-state index in [-0.39, 0.29) is 0 Å². The highest BCUT2D eigenvalue weighted by Crippen LogP contribution is 2.37. The van der Waals surface area contributed by atoms with Crippen molar-refractivity contribution in [2.45, 2.75) is 37.5 Å². The van der Waals surface area contributed by atoms with E-state index in [0.29, 0.717) is 24.2 Å². The fourth-order valence-corrected chi connectivity index (χ4v) is 3.96. The van der Waals surface area contributed by atoms with Crippen molar-refractivity contribution in [3.63, 3.8) is 0 Å². The highest BCUT2D eigenvalue weighted by atomic mass is 16.5. The van der Waals surface area contributed by atoms with Gasteiger partial charge in [0, 0.05) is 11.6 Å². The van der Waals surface area contributed by atoms with Gasteiger partial charge >= 0.3 is 0 Å². The summed E-state index contributed by atoms with van der Waals surface area (Å²) in [6.45, 7) is 0.722. The molecular weight excluding hydrogens is 302 g/mol. The number of hydrogen-bond donors (Lipinski definition) is 2. The van der Waals surface area contributed by atoms with E-state index in [1.165, 1.54) is 12.0 Å². The van der Waals surface area contributed by atoms with Crippen molar-refractivity contribution >= 4 is 34.5 Å². The van der Waals surface area contributed by atoms with Gasteiger partial charge in [0.2, 0.25) is 5.95 Å². The molecule has 0 radical (unpaired) electrons. The van der Waals surface area contributed by atoms with Gasteiger partial charge in [-0.15, -0.1) is 0 Å². The minimum Gasteiger partial charge on any atom is -0.373 e. The predicted molar refractivity (Wildman–Crippen MR) is 95.2 cm³/mol. The van der Waals surface area contributed by atoms with Gasteiger partial charge in [-0.2, -0.15) is 4.98 Å². The largest absolute Gasteiger partial charge is 0.373 e. The number of fused-ring (bicyclic) bond motifs is 3. The SMILES string of the molecule is Nc1nc(N[C@@H]2C[C@H]3CC[C@@H]2O3)c2ccc(C3=CC=NC3)cc2n1. The van der Waals surface area contributed by atoms with E-state index < -0.39 is 0 Å². The third-order valence-corrected chi connectivity index (χ3v) is 5.16. The molecule has 2 bridgehead atoms. The summed E-state index contributed by atoms with van der Waals surface area (Å²) in [6, 6.07) is 6.55. The minimum absolute atomic E-state index is 0.293. The highest BCUT2D eigenvalue weighted by Gasteiger charge is 2.41. The van der Waals surface area contributed by atoms with Crippen LogP contribution in [0.5, 0.6) is 0 Å². The van der Waals surface area contributed by atoms with Crippen LogP contribution in [0.2, 0.25) is 0 Å². The summed E-state index contributed by atoms with van der Waals surface area (Å²) < 4.78 is 5.93. The maximum absolute atomic E-state index is 5.95. The molecule has 122 valence electrons. The van der Waals surface area contributed by atoms with Gasteiger partial charge in [-0.05, 0) is 48.6 Å². The minimum atomic E-state index is 0.293. The summed E-state index contributed by atoms with van der Waals surface area (Å²) in [5.41, 5.74) is 9.14. The smallest absolute Gasteiger partial charge is 0.222 e. The number of aliphatic imine (C=N–C) groups is 1. The van der Waals surface area contributed by atoms with Crippen molar-refractivity contribution in [3.05, 3.63) is 29.8 Å². The molecule has 2 saturated heterocycles. The lowest BCUT2D eigenvalue weighted by Crippen LogP contribution is -2.31. The van der Waals surface area contributed by atoms with Crippen molar-refractivity contribution in [2.75, 3.05) is 17.6 Å². The highest BCUT2D eigenvalue weighted by molar-refractivity contribution is 5.95. The third kappa shape index (κ3) is 2.26. The van der Waals surface area contributed by atoms with Crippen molar-refractivity contribution < 1.29 is 4.74 Å². The number of aromatic nitrogens is 2. The maximum atomic E-state index is 5.95. The molecule has 0 saturated carbocycles. The molecule has 0 spiro atoms. The number of allylic oxidation sites excluding steroid dienone is 1. The quantitative estimate of drug-likeness (QED) is 0.907. The topological polar surface area (TPSA) is 85.4 Å². The van der Waals surface area contributed by atoms with Gasteiger partial charge in [0.15, 0.2) is 0 Å². The van der Waals surface area contributed by atoms with Crippen LogP contribution in [-0.4, -0.2) is 41.0 Å². The molecule has 24 heavy (non-hydrogen) atoms. The lowest BCUT2D eigenvalue weighted by Gasteiger charge is -2.21. The number of rotatable bonds is 3. The van der Waals surface area contributed by atoms with Crippen molar-refractivity contribution in [2.24, 2.45) is 4.99 Å². The molecule has 6 heteroatoms. The van der Waals surface area contributed by atoms with Crippen LogP contribution in [0, 0.1) is 0 Å². The zero-order chi connectivity index (χ0) is 16.1. The zero-order valence-electron chi connectivity index (χ0n) is 13.3. The van der Waals surface area contributed by atoms with Crippen LogP contribution in [0.15, 0.2) is 29.3 Å². The molecule has 5 rings (SSSR count). The van der Waals surface area contributed by atoms with Crippen LogP contribution < -0.4 is 11.1 Å². The van der Waals surface area contributed by atoms with Crippen molar-refractivity contribution in [1.29, 1.82) is 0 Å². The summed E-state index contributed by atoms with van der Waals surface area (Å²) in [6.07, 6.45) is 7.92. The first kappa shape index (κ1) is 13.9. The lowest BCUT2D eigenvalue weighted by atomic mass is 9.95. The Bertz CT molecular complexity index is 875. The van der Waals surface area contributed by atoms with Gasteiger partial charge in [-0.1, -0.05) is 6.07 Å². The van der Waals surface area contributed by atoms with Crippen LogP contribution in [0.1, 0.15) is 24.8 Å². The molecule has 0 unspecified atom stereocenters.